The molecule has 0 radical (unpaired) electrons. The number of sulfonamides is 1. The number of nitrogens with one attached hydrogen (secondary N) is 2. The summed E-state index contributed by atoms with van der Waals surface area (Å²) in [6, 6.07) is 9.13. The van der Waals surface area contributed by atoms with E-state index in [0.717, 1.165) is 0 Å². The summed E-state index contributed by atoms with van der Waals surface area (Å²) in [4.78, 5) is 12.4. The SMILES string of the molecule is CCOc1ccc(S(=O)(=O)N[C@H](C)COC)cc1NC(=O)c1ccccc1F. The molecule has 0 heterocycles. The number of anilines is 1. The van der Waals surface area contributed by atoms with Gasteiger partial charge in [0, 0.05) is 13.2 Å². The molecule has 0 aliphatic heterocycles. The summed E-state index contributed by atoms with van der Waals surface area (Å²) < 4.78 is 51.9. The van der Waals surface area contributed by atoms with Crippen molar-refractivity contribution in [1.82, 2.24) is 4.72 Å². The predicted molar refractivity (Wildman–Crippen MR) is 104 cm³/mol. The number of benzene rings is 2. The topological polar surface area (TPSA) is 93.7 Å². The highest BCUT2D eigenvalue weighted by atomic mass is 32.2. The Morgan fingerprint density at radius 3 is 2.57 bits per heavy atom. The van der Waals surface area contributed by atoms with Gasteiger partial charge in [0.25, 0.3) is 5.91 Å². The average molecular weight is 410 g/mol. The van der Waals surface area contributed by atoms with Gasteiger partial charge in [0.15, 0.2) is 0 Å². The zero-order valence-corrected chi connectivity index (χ0v) is 16.7. The molecule has 0 aromatic heterocycles. The lowest BCUT2D eigenvalue weighted by Crippen LogP contribution is -2.35. The van der Waals surface area contributed by atoms with Crippen molar-refractivity contribution in [3.8, 4) is 5.75 Å². The molecular formula is C19H23FN2O5S. The van der Waals surface area contributed by atoms with Crippen LogP contribution >= 0.6 is 0 Å². The van der Waals surface area contributed by atoms with Gasteiger partial charge in [0.1, 0.15) is 11.6 Å². The first-order chi connectivity index (χ1) is 13.3. The molecule has 9 heteroatoms. The monoisotopic (exact) mass is 410 g/mol. The Hall–Kier alpha value is -2.49. The van der Waals surface area contributed by atoms with Crippen LogP contribution in [-0.4, -0.2) is 40.7 Å². The van der Waals surface area contributed by atoms with Gasteiger partial charge in [0.05, 0.1) is 29.4 Å². The van der Waals surface area contributed by atoms with Crippen LogP contribution < -0.4 is 14.8 Å². The molecule has 0 aliphatic rings. The number of hydrogen-bond acceptors (Lipinski definition) is 5. The van der Waals surface area contributed by atoms with Crippen LogP contribution in [0, 0.1) is 5.82 Å². The molecular weight excluding hydrogens is 387 g/mol. The van der Waals surface area contributed by atoms with Crippen LogP contribution in [0.2, 0.25) is 0 Å². The minimum Gasteiger partial charge on any atom is -0.492 e. The highest BCUT2D eigenvalue weighted by molar-refractivity contribution is 7.89. The van der Waals surface area contributed by atoms with E-state index in [-0.39, 0.29) is 28.5 Å². The number of rotatable bonds is 9. The largest absolute Gasteiger partial charge is 0.492 e. The average Bonchev–Trinajstić information content (AvgIpc) is 2.63. The predicted octanol–water partition coefficient (Wildman–Crippen LogP) is 2.79. The van der Waals surface area contributed by atoms with E-state index in [2.05, 4.69) is 10.0 Å². The fraction of sp³-hybridized carbons (Fsp3) is 0.316. The van der Waals surface area contributed by atoms with Gasteiger partial charge in [-0.25, -0.2) is 17.5 Å². The molecule has 0 spiro atoms. The highest BCUT2D eigenvalue weighted by Gasteiger charge is 2.21. The van der Waals surface area contributed by atoms with Gasteiger partial charge in [-0.05, 0) is 44.2 Å². The molecule has 0 saturated heterocycles. The second-order valence-corrected chi connectivity index (χ2v) is 7.72. The van der Waals surface area contributed by atoms with Gasteiger partial charge in [-0.1, -0.05) is 12.1 Å². The quantitative estimate of drug-likeness (QED) is 0.663. The van der Waals surface area contributed by atoms with E-state index in [0.29, 0.717) is 6.61 Å². The van der Waals surface area contributed by atoms with E-state index in [1.54, 1.807) is 13.8 Å². The van der Waals surface area contributed by atoms with E-state index in [1.807, 2.05) is 0 Å². The molecule has 0 bridgehead atoms. The Morgan fingerprint density at radius 2 is 1.93 bits per heavy atom. The Balaban J connectivity index is 2.35. The van der Waals surface area contributed by atoms with Crippen LogP contribution in [0.3, 0.4) is 0 Å². The van der Waals surface area contributed by atoms with Crippen LogP contribution in [0.25, 0.3) is 0 Å². The number of hydrogen-bond donors (Lipinski definition) is 2. The molecule has 2 aromatic carbocycles. The molecule has 7 nitrogen and oxygen atoms in total. The first-order valence-electron chi connectivity index (χ1n) is 8.62. The molecule has 1 atom stereocenters. The molecule has 0 saturated carbocycles. The van der Waals surface area contributed by atoms with Gasteiger partial charge in [0.2, 0.25) is 10.0 Å². The Kier molecular flexibility index (Phi) is 7.50. The summed E-state index contributed by atoms with van der Waals surface area (Å²) in [7, 11) is -2.39. The fourth-order valence-corrected chi connectivity index (χ4v) is 3.76. The van der Waals surface area contributed by atoms with Crippen molar-refractivity contribution in [3.63, 3.8) is 0 Å². The first-order valence-corrected chi connectivity index (χ1v) is 10.1. The van der Waals surface area contributed by atoms with Crippen molar-refractivity contribution >= 4 is 21.6 Å². The zero-order chi connectivity index (χ0) is 20.7. The van der Waals surface area contributed by atoms with Crippen molar-refractivity contribution in [3.05, 3.63) is 53.8 Å². The first kappa shape index (κ1) is 21.8. The Morgan fingerprint density at radius 1 is 1.21 bits per heavy atom. The summed E-state index contributed by atoms with van der Waals surface area (Å²) in [6.45, 7) is 3.92. The smallest absolute Gasteiger partial charge is 0.258 e. The maximum absolute atomic E-state index is 13.9. The number of carbonyl (C=O) groups is 1. The van der Waals surface area contributed by atoms with E-state index in [4.69, 9.17) is 9.47 Å². The van der Waals surface area contributed by atoms with E-state index in [1.165, 1.54) is 49.6 Å². The van der Waals surface area contributed by atoms with Crippen molar-refractivity contribution in [2.75, 3.05) is 25.6 Å². The van der Waals surface area contributed by atoms with Crippen molar-refractivity contribution < 1.29 is 27.1 Å². The second-order valence-electron chi connectivity index (χ2n) is 6.00. The molecule has 0 unspecified atom stereocenters. The summed E-state index contributed by atoms with van der Waals surface area (Å²) >= 11 is 0. The summed E-state index contributed by atoms with van der Waals surface area (Å²) in [5, 5.41) is 2.52. The van der Waals surface area contributed by atoms with Crippen molar-refractivity contribution in [2.24, 2.45) is 0 Å². The van der Waals surface area contributed by atoms with E-state index in [9.17, 15) is 17.6 Å². The number of ether oxygens (including phenoxy) is 2. The van der Waals surface area contributed by atoms with Gasteiger partial charge >= 0.3 is 0 Å². The Labute approximate surface area is 163 Å². The minimum absolute atomic E-state index is 0.0669. The van der Waals surface area contributed by atoms with Gasteiger partial charge in [-0.15, -0.1) is 0 Å². The van der Waals surface area contributed by atoms with E-state index < -0.39 is 27.8 Å². The molecule has 28 heavy (non-hydrogen) atoms. The summed E-state index contributed by atoms with van der Waals surface area (Å²) in [6.07, 6.45) is 0. The lowest BCUT2D eigenvalue weighted by molar-refractivity contribution is 0.102. The van der Waals surface area contributed by atoms with Gasteiger partial charge < -0.3 is 14.8 Å². The lowest BCUT2D eigenvalue weighted by atomic mass is 10.2. The number of amides is 1. The number of methoxy groups -OCH3 is 1. The summed E-state index contributed by atoms with van der Waals surface area (Å²) in [5.41, 5.74) is -0.0394. The van der Waals surface area contributed by atoms with Crippen LogP contribution in [0.15, 0.2) is 47.4 Å². The highest BCUT2D eigenvalue weighted by Crippen LogP contribution is 2.28. The summed E-state index contributed by atoms with van der Waals surface area (Å²) in [5.74, 6) is -1.12. The lowest BCUT2D eigenvalue weighted by Gasteiger charge is -2.16. The zero-order valence-electron chi connectivity index (χ0n) is 15.9. The molecule has 0 fully saturated rings. The van der Waals surface area contributed by atoms with Crippen molar-refractivity contribution in [1.29, 1.82) is 0 Å². The number of carbonyl (C=O) groups excluding carboxylic acids is 1. The van der Waals surface area contributed by atoms with Crippen LogP contribution in [0.4, 0.5) is 10.1 Å². The van der Waals surface area contributed by atoms with E-state index >= 15 is 0 Å². The van der Waals surface area contributed by atoms with Gasteiger partial charge in [-0.3, -0.25) is 4.79 Å². The molecule has 152 valence electrons. The molecule has 2 N–H and O–H groups in total. The normalized spacial score (nSPS) is 12.4. The van der Waals surface area contributed by atoms with Crippen LogP contribution in [0.1, 0.15) is 24.2 Å². The molecule has 2 rings (SSSR count). The maximum atomic E-state index is 13.9. The molecule has 1 amide bonds. The van der Waals surface area contributed by atoms with Crippen LogP contribution in [-0.2, 0) is 14.8 Å². The third kappa shape index (κ3) is 5.51. The standard InChI is InChI=1S/C19H23FN2O5S/c1-4-27-18-10-9-14(28(24,25)22-13(2)12-26-3)11-17(18)21-19(23)15-7-5-6-8-16(15)20/h5-11,13,22H,4,12H2,1-3H3,(H,21,23)/t13-/m1/s1. The second kappa shape index (κ2) is 9.63. The minimum atomic E-state index is -3.86. The maximum Gasteiger partial charge on any atom is 0.258 e. The van der Waals surface area contributed by atoms with Gasteiger partial charge in [-0.2, -0.15) is 0 Å². The molecule has 2 aromatic rings. The third-order valence-electron chi connectivity index (χ3n) is 3.70. The van der Waals surface area contributed by atoms with Crippen LogP contribution in [0.5, 0.6) is 5.75 Å². The van der Waals surface area contributed by atoms with Crippen molar-refractivity contribution in [2.45, 2.75) is 24.8 Å². The third-order valence-corrected chi connectivity index (χ3v) is 5.29. The number of halogens is 1. The molecule has 0 aliphatic carbocycles. The Bertz CT molecular complexity index is 934. The fourth-order valence-electron chi connectivity index (χ4n) is 2.51.